The highest BCUT2D eigenvalue weighted by Gasteiger charge is 2.34. The number of rotatable bonds is 2. The number of nitrogens with two attached hydrogens (primary N) is 1. The van der Waals surface area contributed by atoms with Crippen LogP contribution in [-0.4, -0.2) is 30.4 Å². The van der Waals surface area contributed by atoms with E-state index in [-0.39, 0.29) is 0 Å². The molecule has 1 aliphatic carbocycles. The van der Waals surface area contributed by atoms with Gasteiger partial charge in [0.15, 0.2) is 0 Å². The van der Waals surface area contributed by atoms with Crippen LogP contribution in [-0.2, 0) is 4.79 Å². The van der Waals surface area contributed by atoms with E-state index in [1.807, 2.05) is 32.6 Å². The molecule has 1 amide bonds. The summed E-state index contributed by atoms with van der Waals surface area (Å²) in [6.45, 7) is 10.7. The molecular weight excluding hydrogens is 212 g/mol. The van der Waals surface area contributed by atoms with E-state index in [4.69, 9.17) is 5.73 Å². The predicted octanol–water partition coefficient (Wildman–Crippen LogP) is 2.65. The molecule has 1 aliphatic heterocycles. The second-order valence-corrected chi connectivity index (χ2v) is 4.28. The van der Waals surface area contributed by atoms with Crippen molar-refractivity contribution in [1.82, 2.24) is 4.90 Å². The Labute approximate surface area is 107 Å². The van der Waals surface area contributed by atoms with Gasteiger partial charge >= 0.3 is 0 Å². The van der Waals surface area contributed by atoms with Gasteiger partial charge < -0.3 is 10.6 Å². The summed E-state index contributed by atoms with van der Waals surface area (Å²) in [5, 5.41) is 0. The minimum Gasteiger partial charge on any atom is -0.342 e. The first-order valence-corrected chi connectivity index (χ1v) is 7.30. The lowest BCUT2D eigenvalue weighted by Gasteiger charge is -2.31. The van der Waals surface area contributed by atoms with Crippen LogP contribution >= 0.6 is 0 Å². The van der Waals surface area contributed by atoms with Crippen LogP contribution in [0.25, 0.3) is 0 Å². The van der Waals surface area contributed by atoms with Gasteiger partial charge in [-0.15, -0.1) is 0 Å². The molecule has 102 valence electrons. The molecule has 2 N–H and O–H groups in total. The molecule has 0 bridgehead atoms. The summed E-state index contributed by atoms with van der Waals surface area (Å²) >= 11 is 0. The highest BCUT2D eigenvalue weighted by atomic mass is 16.2. The minimum absolute atomic E-state index is 0.384. The van der Waals surface area contributed by atoms with E-state index in [9.17, 15) is 4.79 Å². The zero-order valence-electron chi connectivity index (χ0n) is 12.0. The molecule has 1 saturated carbocycles. The summed E-state index contributed by atoms with van der Waals surface area (Å²) in [5.41, 5.74) is 5.59. The standard InChI is InChI=1S/C10H18N2O.2C2H6/c11-7-8-3-5-12(6-4-8)10(13)9-1-2-9;2*1-2/h8-9H,1-7,11H2;2*1-2H3. The predicted molar refractivity (Wildman–Crippen MR) is 73.8 cm³/mol. The van der Waals surface area contributed by atoms with Gasteiger partial charge in [0.25, 0.3) is 0 Å². The van der Waals surface area contributed by atoms with Crippen molar-refractivity contribution in [2.24, 2.45) is 17.6 Å². The Morgan fingerprint density at radius 2 is 1.53 bits per heavy atom. The number of hydrogen-bond donors (Lipinski definition) is 1. The number of likely N-dealkylation sites (tertiary alicyclic amines) is 1. The second kappa shape index (κ2) is 9.46. The number of hydrogen-bond acceptors (Lipinski definition) is 2. The first-order valence-electron chi connectivity index (χ1n) is 7.30. The van der Waals surface area contributed by atoms with Crippen LogP contribution in [0.4, 0.5) is 0 Å². The quantitative estimate of drug-likeness (QED) is 0.809. The number of piperidine rings is 1. The van der Waals surface area contributed by atoms with Crippen molar-refractivity contribution in [2.45, 2.75) is 53.4 Å². The summed E-state index contributed by atoms with van der Waals surface area (Å²) in [4.78, 5) is 13.7. The third-order valence-corrected chi connectivity index (χ3v) is 3.19. The first-order chi connectivity index (χ1) is 8.31. The lowest BCUT2D eigenvalue weighted by Crippen LogP contribution is -2.40. The fourth-order valence-electron chi connectivity index (χ4n) is 1.98. The van der Waals surface area contributed by atoms with E-state index < -0.39 is 0 Å². The van der Waals surface area contributed by atoms with E-state index in [1.54, 1.807) is 0 Å². The van der Waals surface area contributed by atoms with Crippen LogP contribution in [0.3, 0.4) is 0 Å². The molecule has 3 heteroatoms. The normalized spacial score (nSPS) is 19.7. The maximum Gasteiger partial charge on any atom is 0.225 e. The zero-order chi connectivity index (χ0) is 13.3. The molecule has 2 fully saturated rings. The molecule has 1 saturated heterocycles. The van der Waals surface area contributed by atoms with E-state index in [1.165, 1.54) is 0 Å². The smallest absolute Gasteiger partial charge is 0.225 e. The fraction of sp³-hybridized carbons (Fsp3) is 0.929. The SMILES string of the molecule is CC.CC.NCC1CCN(C(=O)C2CC2)CC1. The van der Waals surface area contributed by atoms with Crippen LogP contribution in [0.15, 0.2) is 0 Å². The molecule has 1 heterocycles. The summed E-state index contributed by atoms with van der Waals surface area (Å²) in [6, 6.07) is 0. The Balaban J connectivity index is 0.000000581. The van der Waals surface area contributed by atoms with E-state index >= 15 is 0 Å². The molecule has 0 aromatic carbocycles. The van der Waals surface area contributed by atoms with Crippen molar-refractivity contribution in [1.29, 1.82) is 0 Å². The van der Waals surface area contributed by atoms with Gasteiger partial charge in [-0.3, -0.25) is 4.79 Å². The first kappa shape index (κ1) is 16.4. The van der Waals surface area contributed by atoms with Gasteiger partial charge in [0, 0.05) is 19.0 Å². The lowest BCUT2D eigenvalue weighted by molar-refractivity contribution is -0.133. The summed E-state index contributed by atoms with van der Waals surface area (Å²) < 4.78 is 0. The van der Waals surface area contributed by atoms with Crippen LogP contribution < -0.4 is 5.73 Å². The third kappa shape index (κ3) is 5.53. The van der Waals surface area contributed by atoms with Gasteiger partial charge in [-0.1, -0.05) is 27.7 Å². The topological polar surface area (TPSA) is 46.3 Å². The highest BCUT2D eigenvalue weighted by Crippen LogP contribution is 2.32. The van der Waals surface area contributed by atoms with Crippen molar-refractivity contribution < 1.29 is 4.79 Å². The highest BCUT2D eigenvalue weighted by molar-refractivity contribution is 5.81. The lowest BCUT2D eigenvalue weighted by atomic mass is 9.97. The zero-order valence-corrected chi connectivity index (χ0v) is 12.0. The third-order valence-electron chi connectivity index (χ3n) is 3.19. The maximum absolute atomic E-state index is 11.7. The Hall–Kier alpha value is -0.570. The monoisotopic (exact) mass is 242 g/mol. The van der Waals surface area contributed by atoms with E-state index in [2.05, 4.69) is 0 Å². The molecular formula is C14H30N2O. The molecule has 0 spiro atoms. The summed E-state index contributed by atoms with van der Waals surface area (Å²) in [7, 11) is 0. The van der Waals surface area contributed by atoms with Crippen molar-refractivity contribution in [3.8, 4) is 0 Å². The average Bonchev–Trinajstić information content (AvgIpc) is 3.27. The van der Waals surface area contributed by atoms with Crippen LogP contribution in [0.1, 0.15) is 53.4 Å². The van der Waals surface area contributed by atoms with Gasteiger partial charge in [0.1, 0.15) is 0 Å². The number of nitrogens with zero attached hydrogens (tertiary/aromatic N) is 1. The molecule has 0 radical (unpaired) electrons. The second-order valence-electron chi connectivity index (χ2n) is 4.28. The molecule has 0 unspecified atom stereocenters. The largest absolute Gasteiger partial charge is 0.342 e. The fourth-order valence-corrected chi connectivity index (χ4v) is 1.98. The molecule has 17 heavy (non-hydrogen) atoms. The van der Waals surface area contributed by atoms with Crippen molar-refractivity contribution >= 4 is 5.91 Å². The van der Waals surface area contributed by atoms with Crippen LogP contribution in [0.5, 0.6) is 0 Å². The van der Waals surface area contributed by atoms with Crippen molar-refractivity contribution in [3.63, 3.8) is 0 Å². The van der Waals surface area contributed by atoms with E-state index in [0.29, 0.717) is 17.7 Å². The minimum atomic E-state index is 0.384. The van der Waals surface area contributed by atoms with Gasteiger partial charge in [-0.25, -0.2) is 0 Å². The van der Waals surface area contributed by atoms with Crippen LogP contribution in [0, 0.1) is 11.8 Å². The van der Waals surface area contributed by atoms with Gasteiger partial charge in [-0.05, 0) is 38.1 Å². The summed E-state index contributed by atoms with van der Waals surface area (Å²) in [6.07, 6.45) is 4.45. The number of carbonyl (C=O) groups excluding carboxylic acids is 1. The van der Waals surface area contributed by atoms with Gasteiger partial charge in [-0.2, -0.15) is 0 Å². The summed E-state index contributed by atoms with van der Waals surface area (Å²) in [5.74, 6) is 1.44. The number of amides is 1. The van der Waals surface area contributed by atoms with Crippen molar-refractivity contribution in [2.75, 3.05) is 19.6 Å². The van der Waals surface area contributed by atoms with E-state index in [0.717, 1.165) is 45.3 Å². The van der Waals surface area contributed by atoms with Gasteiger partial charge in [0.2, 0.25) is 5.91 Å². The molecule has 2 rings (SSSR count). The molecule has 0 aromatic heterocycles. The Morgan fingerprint density at radius 1 is 1.06 bits per heavy atom. The van der Waals surface area contributed by atoms with Gasteiger partial charge in [0.05, 0.1) is 0 Å². The Kier molecular flexibility index (Phi) is 9.14. The molecule has 2 aliphatic rings. The number of carbonyl (C=O) groups is 1. The Bertz CT molecular complexity index is 194. The maximum atomic E-state index is 11.7. The molecule has 0 atom stereocenters. The average molecular weight is 242 g/mol. The molecule has 3 nitrogen and oxygen atoms in total. The molecule has 0 aromatic rings. The van der Waals surface area contributed by atoms with Crippen LogP contribution in [0.2, 0.25) is 0 Å². The Morgan fingerprint density at radius 3 is 1.88 bits per heavy atom. The van der Waals surface area contributed by atoms with Crippen molar-refractivity contribution in [3.05, 3.63) is 0 Å².